The maximum Gasteiger partial charge on any atom is 0.146 e. The zero-order valence-electron chi connectivity index (χ0n) is 13.8. The Balaban J connectivity index is 1.77. The van der Waals surface area contributed by atoms with Gasteiger partial charge in [-0.2, -0.15) is 0 Å². The van der Waals surface area contributed by atoms with E-state index in [-0.39, 0.29) is 6.61 Å². The molecule has 4 rings (SSSR count). The second-order valence-corrected chi connectivity index (χ2v) is 6.59. The molecular formula is C19H14Cl2N4O. The minimum Gasteiger partial charge on any atom is -0.487 e. The fraction of sp³-hybridized carbons (Fsp3) is 0.105. The third kappa shape index (κ3) is 3.11. The van der Waals surface area contributed by atoms with Gasteiger partial charge < -0.3 is 9.72 Å². The topological polar surface area (TPSA) is 63.7 Å². The van der Waals surface area contributed by atoms with E-state index in [9.17, 15) is 0 Å². The molecule has 0 aliphatic heterocycles. The molecule has 7 heteroatoms. The second-order valence-electron chi connectivity index (χ2n) is 5.77. The third-order valence-electron chi connectivity index (χ3n) is 4.01. The molecule has 0 saturated heterocycles. The Morgan fingerprint density at radius 1 is 1.15 bits per heavy atom. The van der Waals surface area contributed by atoms with Crippen LogP contribution in [0.5, 0.6) is 5.75 Å². The van der Waals surface area contributed by atoms with Gasteiger partial charge in [0.15, 0.2) is 0 Å². The molecule has 0 unspecified atom stereocenters. The van der Waals surface area contributed by atoms with Crippen molar-refractivity contribution in [2.75, 3.05) is 0 Å². The normalized spacial score (nSPS) is 11.0. The van der Waals surface area contributed by atoms with Gasteiger partial charge in [-0.05, 0) is 19.1 Å². The predicted molar refractivity (Wildman–Crippen MR) is 103 cm³/mol. The fourth-order valence-corrected chi connectivity index (χ4v) is 3.27. The first-order valence-corrected chi connectivity index (χ1v) is 8.70. The summed E-state index contributed by atoms with van der Waals surface area (Å²) in [4.78, 5) is 16.1. The van der Waals surface area contributed by atoms with Crippen LogP contribution >= 0.6 is 23.2 Å². The number of ether oxygens (including phenoxy) is 1. The largest absolute Gasteiger partial charge is 0.487 e. The molecule has 0 aliphatic rings. The molecule has 0 spiro atoms. The first-order chi connectivity index (χ1) is 12.6. The van der Waals surface area contributed by atoms with Gasteiger partial charge in [-0.25, -0.2) is 9.97 Å². The zero-order valence-corrected chi connectivity index (χ0v) is 15.3. The van der Waals surface area contributed by atoms with Gasteiger partial charge in [0.25, 0.3) is 0 Å². The number of nitrogens with one attached hydrogen (secondary N) is 1. The Labute approximate surface area is 160 Å². The van der Waals surface area contributed by atoms with Crippen LogP contribution in [0.2, 0.25) is 10.0 Å². The number of hydrogen-bond donors (Lipinski definition) is 1. The summed E-state index contributed by atoms with van der Waals surface area (Å²) >= 11 is 12.4. The van der Waals surface area contributed by atoms with Crippen molar-refractivity contribution in [3.8, 4) is 17.1 Å². The minimum atomic E-state index is 0.227. The van der Waals surface area contributed by atoms with Crippen LogP contribution in [-0.4, -0.2) is 19.9 Å². The van der Waals surface area contributed by atoms with Crippen molar-refractivity contribution in [3.63, 3.8) is 0 Å². The molecule has 1 aromatic carbocycles. The van der Waals surface area contributed by atoms with Crippen molar-refractivity contribution >= 4 is 34.1 Å². The third-order valence-corrected chi connectivity index (χ3v) is 4.66. The van der Waals surface area contributed by atoms with Gasteiger partial charge in [-0.15, -0.1) is 0 Å². The van der Waals surface area contributed by atoms with Crippen molar-refractivity contribution in [1.29, 1.82) is 0 Å². The Bertz CT molecular complexity index is 1060. The van der Waals surface area contributed by atoms with Crippen molar-refractivity contribution in [2.45, 2.75) is 13.5 Å². The molecular weight excluding hydrogens is 371 g/mol. The summed E-state index contributed by atoms with van der Waals surface area (Å²) in [5.74, 6) is 1.45. The molecule has 26 heavy (non-hydrogen) atoms. The molecule has 130 valence electrons. The number of hydrogen-bond acceptors (Lipinski definition) is 4. The highest BCUT2D eigenvalue weighted by molar-refractivity contribution is 6.35. The summed E-state index contributed by atoms with van der Waals surface area (Å²) in [6.07, 6.45) is 6.62. The molecule has 0 amide bonds. The van der Waals surface area contributed by atoms with E-state index in [0.29, 0.717) is 21.4 Å². The van der Waals surface area contributed by atoms with E-state index in [1.165, 1.54) is 0 Å². The van der Waals surface area contributed by atoms with E-state index < -0.39 is 0 Å². The highest BCUT2D eigenvalue weighted by Gasteiger charge is 2.13. The Morgan fingerprint density at radius 2 is 1.96 bits per heavy atom. The van der Waals surface area contributed by atoms with Gasteiger partial charge in [-0.1, -0.05) is 35.3 Å². The smallest absolute Gasteiger partial charge is 0.146 e. The molecule has 0 fully saturated rings. The Hall–Kier alpha value is -2.63. The number of aromatic nitrogens is 4. The van der Waals surface area contributed by atoms with E-state index in [1.54, 1.807) is 24.8 Å². The number of aromatic amines is 1. The van der Waals surface area contributed by atoms with E-state index in [2.05, 4.69) is 19.9 Å². The lowest BCUT2D eigenvalue weighted by Crippen LogP contribution is -2.00. The van der Waals surface area contributed by atoms with Crippen molar-refractivity contribution in [2.24, 2.45) is 0 Å². The standard InChI is InChI=1S/C19H14Cl2N4O/c1-11-7-13(19-23-5-6-24-19)12-3-2-4-17(18(12)25-11)26-10-14-15(20)8-22-9-16(14)21/h2-9H,10H2,1H3,(H,23,24). The van der Waals surface area contributed by atoms with Gasteiger partial charge in [-0.3, -0.25) is 4.98 Å². The molecule has 1 N–H and O–H groups in total. The monoisotopic (exact) mass is 384 g/mol. The van der Waals surface area contributed by atoms with Crippen LogP contribution in [0.3, 0.4) is 0 Å². The maximum absolute atomic E-state index is 6.18. The van der Waals surface area contributed by atoms with Crippen LogP contribution in [0, 0.1) is 6.92 Å². The summed E-state index contributed by atoms with van der Waals surface area (Å²) in [5.41, 5.74) is 3.31. The van der Waals surface area contributed by atoms with Gasteiger partial charge in [0, 0.05) is 47.0 Å². The molecule has 0 radical (unpaired) electrons. The van der Waals surface area contributed by atoms with Crippen molar-refractivity contribution in [3.05, 3.63) is 70.4 Å². The van der Waals surface area contributed by atoms with Crippen LogP contribution in [-0.2, 0) is 6.61 Å². The number of fused-ring (bicyclic) bond motifs is 1. The first-order valence-electron chi connectivity index (χ1n) is 7.94. The van der Waals surface area contributed by atoms with Gasteiger partial charge in [0.1, 0.15) is 23.7 Å². The molecule has 3 aromatic heterocycles. The molecule has 0 atom stereocenters. The number of imidazole rings is 1. The lowest BCUT2D eigenvalue weighted by molar-refractivity contribution is 0.309. The highest BCUT2D eigenvalue weighted by Crippen LogP contribution is 2.33. The van der Waals surface area contributed by atoms with Crippen LogP contribution in [0.1, 0.15) is 11.3 Å². The van der Waals surface area contributed by atoms with Gasteiger partial charge >= 0.3 is 0 Å². The highest BCUT2D eigenvalue weighted by atomic mass is 35.5. The number of H-pyrrole nitrogens is 1. The Kier molecular flexibility index (Phi) is 4.49. The average molecular weight is 385 g/mol. The summed E-state index contributed by atoms with van der Waals surface area (Å²) in [6, 6.07) is 7.81. The van der Waals surface area contributed by atoms with Crippen LogP contribution in [0.4, 0.5) is 0 Å². The van der Waals surface area contributed by atoms with Gasteiger partial charge in [0.2, 0.25) is 0 Å². The van der Waals surface area contributed by atoms with Gasteiger partial charge in [0.05, 0.1) is 10.0 Å². The maximum atomic E-state index is 6.18. The summed E-state index contributed by atoms with van der Waals surface area (Å²) < 4.78 is 6.00. The molecule has 5 nitrogen and oxygen atoms in total. The summed E-state index contributed by atoms with van der Waals surface area (Å²) in [6.45, 7) is 2.17. The molecule has 3 heterocycles. The van der Waals surface area contributed by atoms with E-state index >= 15 is 0 Å². The van der Waals surface area contributed by atoms with Crippen LogP contribution in [0.25, 0.3) is 22.3 Å². The lowest BCUT2D eigenvalue weighted by Gasteiger charge is -2.13. The predicted octanol–water partition coefficient (Wildman–Crippen LogP) is 5.21. The molecule has 0 aliphatic carbocycles. The molecule has 4 aromatic rings. The first kappa shape index (κ1) is 16.8. The van der Waals surface area contributed by atoms with E-state index in [1.807, 2.05) is 31.2 Å². The van der Waals surface area contributed by atoms with Crippen LogP contribution < -0.4 is 4.74 Å². The van der Waals surface area contributed by atoms with Crippen LogP contribution in [0.15, 0.2) is 49.1 Å². The lowest BCUT2D eigenvalue weighted by atomic mass is 10.1. The summed E-state index contributed by atoms with van der Waals surface area (Å²) in [7, 11) is 0. The minimum absolute atomic E-state index is 0.227. The fourth-order valence-electron chi connectivity index (χ4n) is 2.80. The number of pyridine rings is 2. The quantitative estimate of drug-likeness (QED) is 0.524. The molecule has 0 bridgehead atoms. The average Bonchev–Trinajstić information content (AvgIpc) is 3.15. The van der Waals surface area contributed by atoms with Crippen molar-refractivity contribution < 1.29 is 4.74 Å². The summed E-state index contributed by atoms with van der Waals surface area (Å²) in [5, 5.41) is 1.89. The number of halogens is 2. The van der Waals surface area contributed by atoms with E-state index in [4.69, 9.17) is 27.9 Å². The molecule has 0 saturated carbocycles. The van der Waals surface area contributed by atoms with Crippen molar-refractivity contribution in [1.82, 2.24) is 19.9 Å². The van der Waals surface area contributed by atoms with E-state index in [0.717, 1.165) is 28.0 Å². The second kappa shape index (κ2) is 6.94. The number of nitrogens with zero attached hydrogens (tertiary/aromatic N) is 3. The number of aryl methyl sites for hydroxylation is 1. The Morgan fingerprint density at radius 3 is 2.69 bits per heavy atom. The SMILES string of the molecule is Cc1cc(-c2ncc[nH]2)c2cccc(OCc3c(Cl)cncc3Cl)c2n1. The number of benzene rings is 1. The number of para-hydroxylation sites is 1. The zero-order chi connectivity index (χ0) is 18.1. The number of rotatable bonds is 4.